The Hall–Kier alpha value is -4.86. The Balaban J connectivity index is 1.37. The Labute approximate surface area is 279 Å². The molecule has 0 fully saturated rings. The molecule has 2 unspecified atom stereocenters. The first kappa shape index (κ1) is 29.5. The van der Waals surface area contributed by atoms with Crippen LogP contribution in [-0.4, -0.2) is 8.07 Å². The first-order chi connectivity index (χ1) is 22.7. The average molecular weight is 629 g/mol. The minimum absolute atomic E-state index is 0.211. The maximum absolute atomic E-state index is 6.46. The van der Waals surface area contributed by atoms with Gasteiger partial charge in [-0.1, -0.05) is 98.0 Å². The van der Waals surface area contributed by atoms with Gasteiger partial charge in [0.25, 0.3) is 0 Å². The number of rotatable bonds is 6. The summed E-state index contributed by atoms with van der Waals surface area (Å²) in [6.07, 6.45) is 4.90. The van der Waals surface area contributed by atoms with E-state index in [0.717, 1.165) is 23.0 Å². The Bertz CT molecular complexity index is 2050. The molecule has 2 aliphatic rings. The van der Waals surface area contributed by atoms with Gasteiger partial charge in [-0.2, -0.15) is 0 Å². The average Bonchev–Trinajstić information content (AvgIpc) is 3.86. The minimum atomic E-state index is -2.35. The van der Waals surface area contributed by atoms with Crippen LogP contribution in [0.1, 0.15) is 67.5 Å². The molecule has 232 valence electrons. The smallest absolute Gasteiger partial charge is 0.130 e. The topological polar surface area (TPSA) is 26.3 Å². The highest BCUT2D eigenvalue weighted by atomic mass is 28.3. The van der Waals surface area contributed by atoms with Gasteiger partial charge in [0.2, 0.25) is 0 Å². The van der Waals surface area contributed by atoms with Crippen molar-refractivity contribution in [3.63, 3.8) is 0 Å². The van der Waals surface area contributed by atoms with Crippen LogP contribution >= 0.6 is 0 Å². The fourth-order valence-electron chi connectivity index (χ4n) is 8.47. The predicted molar refractivity (Wildman–Crippen MR) is 199 cm³/mol. The van der Waals surface area contributed by atoms with E-state index in [4.69, 9.17) is 8.83 Å². The maximum Gasteiger partial charge on any atom is 0.130 e. The molecule has 8 rings (SSSR count). The van der Waals surface area contributed by atoms with Gasteiger partial charge in [0.15, 0.2) is 0 Å². The van der Waals surface area contributed by atoms with E-state index in [0.29, 0.717) is 0 Å². The van der Waals surface area contributed by atoms with Gasteiger partial charge < -0.3 is 8.83 Å². The second kappa shape index (κ2) is 11.1. The summed E-state index contributed by atoms with van der Waals surface area (Å²) in [5.41, 5.74) is 16.2. The largest absolute Gasteiger partial charge is 0.462 e. The molecule has 0 bridgehead atoms. The summed E-state index contributed by atoms with van der Waals surface area (Å²) in [4.78, 5) is 0. The summed E-state index contributed by atoms with van der Waals surface area (Å²) < 4.78 is 12.9. The molecular weight excluding hydrogens is 589 g/mol. The van der Waals surface area contributed by atoms with Crippen molar-refractivity contribution in [3.05, 3.63) is 166 Å². The standard InChI is InChI=1S/C44H40O2Si/c1-27-17-21-33-35(41(27)31-13-9-7-10-14-31)25-37(39-23-19-29(3)45-39)43(33)47(5,6)44-34-22-18-28(2)42(32-15-11-8-12-16-32)36(34)26-38(44)40-24-20-30(4)46-40/h7-26,43-44H,1-6H3. The van der Waals surface area contributed by atoms with Gasteiger partial charge >= 0.3 is 0 Å². The van der Waals surface area contributed by atoms with Crippen LogP contribution in [0.2, 0.25) is 13.1 Å². The summed E-state index contributed by atoms with van der Waals surface area (Å²) in [7, 11) is -2.35. The molecule has 4 aromatic carbocycles. The molecule has 3 heteroatoms. The van der Waals surface area contributed by atoms with Gasteiger partial charge in [-0.3, -0.25) is 0 Å². The molecule has 2 aliphatic carbocycles. The third kappa shape index (κ3) is 4.75. The van der Waals surface area contributed by atoms with Gasteiger partial charge in [0.05, 0.1) is 8.07 Å². The molecule has 2 atom stereocenters. The monoisotopic (exact) mass is 628 g/mol. The Morgan fingerprint density at radius 2 is 0.872 bits per heavy atom. The van der Waals surface area contributed by atoms with Crippen molar-refractivity contribution >= 4 is 31.4 Å². The van der Waals surface area contributed by atoms with Crippen LogP contribution in [0.15, 0.2) is 118 Å². The fourth-order valence-corrected chi connectivity index (χ4v) is 13.0. The lowest BCUT2D eigenvalue weighted by molar-refractivity contribution is 0.519. The van der Waals surface area contributed by atoms with Crippen molar-refractivity contribution in [2.75, 3.05) is 0 Å². The van der Waals surface area contributed by atoms with Crippen molar-refractivity contribution in [2.45, 2.75) is 51.9 Å². The Morgan fingerprint density at radius 3 is 1.23 bits per heavy atom. The van der Waals surface area contributed by atoms with Gasteiger partial charge in [-0.25, -0.2) is 0 Å². The summed E-state index contributed by atoms with van der Waals surface area (Å²) in [6, 6.07) is 39.7. The minimum Gasteiger partial charge on any atom is -0.462 e. The molecule has 2 aromatic heterocycles. The van der Waals surface area contributed by atoms with Gasteiger partial charge in [-0.05, 0) is 120 Å². The van der Waals surface area contributed by atoms with Gasteiger partial charge in [0.1, 0.15) is 23.0 Å². The molecule has 0 aliphatic heterocycles. The molecule has 2 nitrogen and oxygen atoms in total. The van der Waals surface area contributed by atoms with E-state index in [9.17, 15) is 0 Å². The summed E-state index contributed by atoms with van der Waals surface area (Å²) in [6.45, 7) is 13.7. The second-order valence-electron chi connectivity index (χ2n) is 14.0. The number of hydrogen-bond donors (Lipinski definition) is 0. The van der Waals surface area contributed by atoms with Crippen LogP contribution in [0.25, 0.3) is 45.6 Å². The molecule has 2 heterocycles. The maximum atomic E-state index is 6.46. The highest BCUT2D eigenvalue weighted by molar-refractivity contribution is 6.84. The fraction of sp³-hybridized carbons (Fsp3) is 0.182. The van der Waals surface area contributed by atoms with Crippen LogP contribution in [0, 0.1) is 27.7 Å². The molecule has 0 radical (unpaired) electrons. The highest BCUT2D eigenvalue weighted by Gasteiger charge is 2.50. The Kier molecular flexibility index (Phi) is 7.00. The summed E-state index contributed by atoms with van der Waals surface area (Å²) >= 11 is 0. The summed E-state index contributed by atoms with van der Waals surface area (Å²) in [5.74, 6) is 3.84. The van der Waals surface area contributed by atoms with Crippen molar-refractivity contribution in [2.24, 2.45) is 0 Å². The van der Waals surface area contributed by atoms with Crippen LogP contribution in [0.3, 0.4) is 0 Å². The first-order valence-electron chi connectivity index (χ1n) is 16.7. The van der Waals surface area contributed by atoms with Gasteiger partial charge in [-0.15, -0.1) is 0 Å². The zero-order valence-corrected chi connectivity index (χ0v) is 29.0. The highest BCUT2D eigenvalue weighted by Crippen LogP contribution is 2.59. The van der Waals surface area contributed by atoms with Crippen molar-refractivity contribution in [1.82, 2.24) is 0 Å². The quantitative estimate of drug-likeness (QED) is 0.172. The molecule has 0 saturated carbocycles. The lowest BCUT2D eigenvalue weighted by atomic mass is 9.92. The number of benzene rings is 4. The molecule has 47 heavy (non-hydrogen) atoms. The molecular formula is C44H40O2Si. The third-order valence-electron chi connectivity index (χ3n) is 10.5. The van der Waals surface area contributed by atoms with Crippen LogP contribution in [0.5, 0.6) is 0 Å². The lowest BCUT2D eigenvalue weighted by Crippen LogP contribution is -2.42. The van der Waals surface area contributed by atoms with Crippen LogP contribution < -0.4 is 0 Å². The second-order valence-corrected chi connectivity index (χ2v) is 18.8. The number of aryl methyl sites for hydroxylation is 4. The lowest BCUT2D eigenvalue weighted by Gasteiger charge is -2.39. The van der Waals surface area contributed by atoms with E-state index < -0.39 is 8.07 Å². The number of furan rings is 2. The normalized spacial score (nSPS) is 17.0. The van der Waals surface area contributed by atoms with Crippen molar-refractivity contribution in [3.8, 4) is 22.3 Å². The summed E-state index contributed by atoms with van der Waals surface area (Å²) in [5, 5.41) is 0. The van der Waals surface area contributed by atoms with E-state index in [1.807, 2.05) is 13.8 Å². The van der Waals surface area contributed by atoms with Gasteiger partial charge in [0, 0.05) is 22.2 Å². The van der Waals surface area contributed by atoms with E-state index in [1.165, 1.54) is 66.8 Å². The molecule has 0 saturated heterocycles. The number of fused-ring (bicyclic) bond motifs is 2. The van der Waals surface area contributed by atoms with E-state index >= 15 is 0 Å². The van der Waals surface area contributed by atoms with E-state index in [-0.39, 0.29) is 11.1 Å². The zero-order valence-electron chi connectivity index (χ0n) is 28.0. The third-order valence-corrected chi connectivity index (χ3v) is 14.7. The van der Waals surface area contributed by atoms with E-state index in [1.54, 1.807) is 0 Å². The van der Waals surface area contributed by atoms with Crippen molar-refractivity contribution in [1.29, 1.82) is 0 Å². The SMILES string of the molecule is Cc1ccc(C2=Cc3c(ccc(C)c3-c3ccccc3)C2[Si](C)(C)C2C(c3ccc(C)o3)=Cc3c2ccc(C)c3-c2ccccc2)o1. The first-order valence-corrected chi connectivity index (χ1v) is 19.8. The van der Waals surface area contributed by atoms with Crippen LogP contribution in [0.4, 0.5) is 0 Å². The number of allylic oxidation sites excluding steroid dienone is 2. The molecule has 6 aromatic rings. The molecule has 0 amide bonds. The molecule has 0 N–H and O–H groups in total. The molecule has 0 spiro atoms. The predicted octanol–water partition coefficient (Wildman–Crippen LogP) is 12.2. The Morgan fingerprint density at radius 1 is 0.468 bits per heavy atom. The van der Waals surface area contributed by atoms with E-state index in [2.05, 4.69) is 148 Å². The number of hydrogen-bond acceptors (Lipinski definition) is 2. The van der Waals surface area contributed by atoms with Crippen LogP contribution in [-0.2, 0) is 0 Å². The van der Waals surface area contributed by atoms with Crippen molar-refractivity contribution < 1.29 is 8.83 Å². The zero-order chi connectivity index (χ0) is 32.4.